The lowest BCUT2D eigenvalue weighted by Crippen LogP contribution is -2.30. The molecule has 0 aliphatic carbocycles. The molecular weight excluding hydrogens is 232 g/mol. The van der Waals surface area contributed by atoms with Crippen molar-refractivity contribution in [1.82, 2.24) is 10.3 Å². The van der Waals surface area contributed by atoms with Crippen LogP contribution in [0.5, 0.6) is 0 Å². The summed E-state index contributed by atoms with van der Waals surface area (Å²) < 4.78 is 0. The van der Waals surface area contributed by atoms with Crippen molar-refractivity contribution >= 4 is 0 Å². The van der Waals surface area contributed by atoms with Crippen LogP contribution in [0.25, 0.3) is 0 Å². The zero-order valence-electron chi connectivity index (χ0n) is 12.0. The lowest BCUT2D eigenvalue weighted by Gasteiger charge is -2.16. The topological polar surface area (TPSA) is 24.9 Å². The van der Waals surface area contributed by atoms with E-state index in [0.717, 1.165) is 18.5 Å². The van der Waals surface area contributed by atoms with Crippen LogP contribution in [0.2, 0.25) is 0 Å². The molecule has 2 nitrogen and oxygen atoms in total. The summed E-state index contributed by atoms with van der Waals surface area (Å²) in [7, 11) is 2.02. The number of likely N-dealkylation sites (N-methyl/N-ethyl adjacent to an activating group) is 1. The van der Waals surface area contributed by atoms with E-state index in [1.165, 1.54) is 16.7 Å². The van der Waals surface area contributed by atoms with E-state index in [4.69, 9.17) is 0 Å². The maximum atomic E-state index is 4.40. The molecule has 2 rings (SSSR count). The molecule has 0 radical (unpaired) electrons. The summed E-state index contributed by atoms with van der Waals surface area (Å²) in [4.78, 5) is 4.40. The van der Waals surface area contributed by atoms with E-state index < -0.39 is 0 Å². The van der Waals surface area contributed by atoms with Gasteiger partial charge >= 0.3 is 0 Å². The van der Waals surface area contributed by atoms with Crippen LogP contribution in [-0.2, 0) is 12.8 Å². The first kappa shape index (κ1) is 13.8. The first-order valence-corrected chi connectivity index (χ1v) is 6.82. The van der Waals surface area contributed by atoms with Crippen molar-refractivity contribution in [2.75, 3.05) is 7.05 Å². The number of hydrogen-bond donors (Lipinski definition) is 1. The van der Waals surface area contributed by atoms with E-state index >= 15 is 0 Å². The Hall–Kier alpha value is -1.67. The highest BCUT2D eigenvalue weighted by Crippen LogP contribution is 2.13. The second-order valence-electron chi connectivity index (χ2n) is 5.13. The molecule has 0 aliphatic heterocycles. The Morgan fingerprint density at radius 1 is 1.05 bits per heavy atom. The number of hydrogen-bond acceptors (Lipinski definition) is 2. The van der Waals surface area contributed by atoms with E-state index in [9.17, 15) is 0 Å². The van der Waals surface area contributed by atoms with Gasteiger partial charge in [0.1, 0.15) is 0 Å². The maximum absolute atomic E-state index is 4.40. The smallest absolute Gasteiger partial charge is 0.0419 e. The summed E-state index contributed by atoms with van der Waals surface area (Å²) in [6.07, 6.45) is 3.86. The third-order valence-corrected chi connectivity index (χ3v) is 3.64. The number of rotatable bonds is 5. The Labute approximate surface area is 115 Å². The molecule has 1 unspecified atom stereocenters. The predicted molar refractivity (Wildman–Crippen MR) is 80.4 cm³/mol. The van der Waals surface area contributed by atoms with E-state index in [1.807, 2.05) is 25.4 Å². The fraction of sp³-hybridized carbons (Fsp3) is 0.353. The van der Waals surface area contributed by atoms with Gasteiger partial charge in [0.15, 0.2) is 0 Å². The monoisotopic (exact) mass is 254 g/mol. The van der Waals surface area contributed by atoms with Crippen LogP contribution < -0.4 is 5.32 Å². The lowest BCUT2D eigenvalue weighted by atomic mass is 9.98. The zero-order chi connectivity index (χ0) is 13.7. The summed E-state index contributed by atoms with van der Waals surface area (Å²) in [6.45, 7) is 4.33. The number of nitrogens with one attached hydrogen (secondary N) is 1. The first-order chi connectivity index (χ1) is 9.19. The van der Waals surface area contributed by atoms with Gasteiger partial charge in [0, 0.05) is 24.4 Å². The Balaban J connectivity index is 2.04. The number of aryl methyl sites for hydroxylation is 2. The van der Waals surface area contributed by atoms with Crippen molar-refractivity contribution in [2.45, 2.75) is 32.7 Å². The van der Waals surface area contributed by atoms with Gasteiger partial charge in [-0.05, 0) is 56.1 Å². The summed E-state index contributed by atoms with van der Waals surface area (Å²) in [5.74, 6) is 0. The first-order valence-electron chi connectivity index (χ1n) is 6.82. The molecule has 0 spiro atoms. The van der Waals surface area contributed by atoms with Crippen molar-refractivity contribution in [1.29, 1.82) is 0 Å². The minimum absolute atomic E-state index is 0.428. The molecule has 0 amide bonds. The highest BCUT2D eigenvalue weighted by molar-refractivity contribution is 5.30. The Morgan fingerprint density at radius 2 is 1.89 bits per heavy atom. The summed E-state index contributed by atoms with van der Waals surface area (Å²) >= 11 is 0. The third kappa shape index (κ3) is 3.90. The predicted octanol–water partition coefficient (Wildman–Crippen LogP) is 3.07. The van der Waals surface area contributed by atoms with Crippen LogP contribution in [0.3, 0.4) is 0 Å². The largest absolute Gasteiger partial charge is 0.316 e. The molecule has 0 fully saturated rings. The Kier molecular flexibility index (Phi) is 4.69. The van der Waals surface area contributed by atoms with Gasteiger partial charge in [-0.3, -0.25) is 4.98 Å². The molecule has 0 bridgehead atoms. The van der Waals surface area contributed by atoms with Crippen LogP contribution in [0.4, 0.5) is 0 Å². The van der Waals surface area contributed by atoms with Crippen molar-refractivity contribution in [3.63, 3.8) is 0 Å². The molecule has 19 heavy (non-hydrogen) atoms. The van der Waals surface area contributed by atoms with Crippen LogP contribution >= 0.6 is 0 Å². The number of pyridine rings is 1. The molecule has 1 heterocycles. The standard InChI is InChI=1S/C17H22N2/c1-13-7-8-15(10-14(13)2)11-17(18-3)12-16-6-4-5-9-19-16/h4-10,17-18H,11-12H2,1-3H3. The van der Waals surface area contributed by atoms with Gasteiger partial charge in [-0.25, -0.2) is 0 Å². The second kappa shape index (κ2) is 6.48. The summed E-state index contributed by atoms with van der Waals surface area (Å²) in [5.41, 5.74) is 5.25. The molecule has 2 heteroatoms. The highest BCUT2D eigenvalue weighted by Gasteiger charge is 2.09. The minimum Gasteiger partial charge on any atom is -0.316 e. The van der Waals surface area contributed by atoms with E-state index in [-0.39, 0.29) is 0 Å². The number of benzene rings is 1. The number of aromatic nitrogens is 1. The minimum atomic E-state index is 0.428. The summed E-state index contributed by atoms with van der Waals surface area (Å²) in [6, 6.07) is 13.2. The molecule has 0 aliphatic rings. The van der Waals surface area contributed by atoms with Crippen LogP contribution in [0.1, 0.15) is 22.4 Å². The Bertz CT molecular complexity index is 520. The fourth-order valence-corrected chi connectivity index (χ4v) is 2.26. The van der Waals surface area contributed by atoms with Crippen LogP contribution in [0.15, 0.2) is 42.6 Å². The molecule has 2 aromatic rings. The fourth-order valence-electron chi connectivity index (χ4n) is 2.26. The van der Waals surface area contributed by atoms with Gasteiger partial charge in [-0.1, -0.05) is 24.3 Å². The quantitative estimate of drug-likeness (QED) is 0.887. The van der Waals surface area contributed by atoms with Crippen molar-refractivity contribution in [2.24, 2.45) is 0 Å². The van der Waals surface area contributed by atoms with Gasteiger partial charge < -0.3 is 5.32 Å². The normalized spacial score (nSPS) is 12.4. The maximum Gasteiger partial charge on any atom is 0.0419 e. The second-order valence-corrected chi connectivity index (χ2v) is 5.13. The molecule has 1 aromatic carbocycles. The van der Waals surface area contributed by atoms with Crippen molar-refractivity contribution < 1.29 is 0 Å². The van der Waals surface area contributed by atoms with Crippen molar-refractivity contribution in [3.05, 3.63) is 65.0 Å². The van der Waals surface area contributed by atoms with Gasteiger partial charge in [0.2, 0.25) is 0 Å². The highest BCUT2D eigenvalue weighted by atomic mass is 14.9. The van der Waals surface area contributed by atoms with Gasteiger partial charge in [0.25, 0.3) is 0 Å². The average Bonchev–Trinajstić information content (AvgIpc) is 2.43. The van der Waals surface area contributed by atoms with Crippen LogP contribution in [0, 0.1) is 13.8 Å². The van der Waals surface area contributed by atoms with Crippen molar-refractivity contribution in [3.8, 4) is 0 Å². The third-order valence-electron chi connectivity index (χ3n) is 3.64. The van der Waals surface area contributed by atoms with Gasteiger partial charge in [-0.2, -0.15) is 0 Å². The molecule has 100 valence electrons. The van der Waals surface area contributed by atoms with Gasteiger partial charge in [0.05, 0.1) is 0 Å². The average molecular weight is 254 g/mol. The lowest BCUT2D eigenvalue weighted by molar-refractivity contribution is 0.550. The summed E-state index contributed by atoms with van der Waals surface area (Å²) in [5, 5.41) is 3.39. The van der Waals surface area contributed by atoms with Gasteiger partial charge in [-0.15, -0.1) is 0 Å². The SMILES string of the molecule is CNC(Cc1ccc(C)c(C)c1)Cc1ccccn1. The van der Waals surface area contributed by atoms with Crippen LogP contribution in [-0.4, -0.2) is 18.1 Å². The molecule has 1 atom stereocenters. The van der Waals surface area contributed by atoms with E-state index in [1.54, 1.807) is 0 Å². The molecule has 1 aromatic heterocycles. The number of nitrogens with zero attached hydrogens (tertiary/aromatic N) is 1. The Morgan fingerprint density at radius 3 is 2.53 bits per heavy atom. The van der Waals surface area contributed by atoms with E-state index in [2.05, 4.69) is 48.4 Å². The molecule has 0 saturated heterocycles. The molecule has 0 saturated carbocycles. The van der Waals surface area contributed by atoms with E-state index in [0.29, 0.717) is 6.04 Å². The molecule has 1 N–H and O–H groups in total. The zero-order valence-corrected chi connectivity index (χ0v) is 12.0. The molecular formula is C17H22N2.